The topological polar surface area (TPSA) is 52.6 Å². The molecule has 1 aromatic rings. The Labute approximate surface area is 139 Å². The van der Waals surface area contributed by atoms with Crippen LogP contribution in [0.4, 0.5) is 0 Å². The highest BCUT2D eigenvalue weighted by atomic mass is 79.9. The van der Waals surface area contributed by atoms with E-state index in [4.69, 9.17) is 9.47 Å². The fraction of sp³-hybridized carbons (Fsp3) is 0.529. The molecule has 0 saturated heterocycles. The fourth-order valence-electron chi connectivity index (χ4n) is 3.45. The van der Waals surface area contributed by atoms with E-state index in [9.17, 15) is 9.59 Å². The molecule has 0 radical (unpaired) electrons. The molecule has 1 fully saturated rings. The minimum atomic E-state index is -0.498. The Balaban J connectivity index is 2.40. The van der Waals surface area contributed by atoms with Crippen molar-refractivity contribution in [1.29, 1.82) is 0 Å². The summed E-state index contributed by atoms with van der Waals surface area (Å²) in [4.78, 5) is 24.6. The second-order valence-corrected chi connectivity index (χ2v) is 6.73. The first-order chi connectivity index (χ1) is 10.5. The van der Waals surface area contributed by atoms with Crippen LogP contribution in [0.5, 0.6) is 0 Å². The van der Waals surface area contributed by atoms with Crippen LogP contribution < -0.4 is 0 Å². The molecule has 120 valence electrons. The number of halogens is 1. The first-order valence-corrected chi connectivity index (χ1v) is 8.20. The van der Waals surface area contributed by atoms with Crippen LogP contribution in [0.15, 0.2) is 28.7 Å². The van der Waals surface area contributed by atoms with E-state index in [1.807, 2.05) is 31.2 Å². The van der Waals surface area contributed by atoms with Gasteiger partial charge in [-0.05, 0) is 42.4 Å². The smallest absolute Gasteiger partial charge is 0.310 e. The third-order valence-electron chi connectivity index (χ3n) is 4.61. The fourth-order valence-corrected chi connectivity index (χ4v) is 3.72. The van der Waals surface area contributed by atoms with Crippen molar-refractivity contribution < 1.29 is 19.1 Å². The Kier molecular flexibility index (Phi) is 5.62. The van der Waals surface area contributed by atoms with Gasteiger partial charge in [-0.25, -0.2) is 0 Å². The summed E-state index contributed by atoms with van der Waals surface area (Å²) in [6, 6.07) is 7.90. The van der Waals surface area contributed by atoms with Crippen LogP contribution >= 0.6 is 15.9 Å². The Morgan fingerprint density at radius 2 is 1.55 bits per heavy atom. The van der Waals surface area contributed by atoms with Crippen LogP contribution in [0.1, 0.15) is 31.2 Å². The molecule has 5 heteroatoms. The number of carbonyl (C=O) groups excluding carboxylic acids is 2. The van der Waals surface area contributed by atoms with Gasteiger partial charge in [0, 0.05) is 4.47 Å². The minimum absolute atomic E-state index is 0.0270. The molecular formula is C17H21BrO4. The molecule has 0 aliphatic heterocycles. The van der Waals surface area contributed by atoms with Crippen molar-refractivity contribution in [3.8, 4) is 0 Å². The molecule has 1 aliphatic carbocycles. The largest absolute Gasteiger partial charge is 0.469 e. The van der Waals surface area contributed by atoms with Gasteiger partial charge in [0.2, 0.25) is 0 Å². The van der Waals surface area contributed by atoms with Gasteiger partial charge in [0.15, 0.2) is 0 Å². The quantitative estimate of drug-likeness (QED) is 0.765. The normalized spacial score (nSPS) is 28.0. The lowest BCUT2D eigenvalue weighted by molar-refractivity contribution is -0.163. The number of hydrogen-bond acceptors (Lipinski definition) is 4. The number of methoxy groups -OCH3 is 2. The van der Waals surface area contributed by atoms with Gasteiger partial charge in [-0.15, -0.1) is 0 Å². The van der Waals surface area contributed by atoms with Crippen LogP contribution in [0.3, 0.4) is 0 Å². The van der Waals surface area contributed by atoms with Crippen molar-refractivity contribution in [3.05, 3.63) is 34.3 Å². The third-order valence-corrected chi connectivity index (χ3v) is 5.14. The zero-order valence-corrected chi connectivity index (χ0v) is 14.6. The molecule has 0 N–H and O–H groups in total. The summed E-state index contributed by atoms with van der Waals surface area (Å²) in [5.41, 5.74) is 1.06. The lowest BCUT2D eigenvalue weighted by Gasteiger charge is -2.39. The average molecular weight is 369 g/mol. The number of hydrogen-bond donors (Lipinski definition) is 0. The summed E-state index contributed by atoms with van der Waals surface area (Å²) >= 11 is 3.42. The molecule has 0 unspecified atom stereocenters. The second-order valence-electron chi connectivity index (χ2n) is 5.81. The van der Waals surface area contributed by atoms with E-state index in [0.29, 0.717) is 0 Å². The monoisotopic (exact) mass is 368 g/mol. The van der Waals surface area contributed by atoms with Gasteiger partial charge in [0.05, 0.1) is 26.1 Å². The Morgan fingerprint density at radius 1 is 1.00 bits per heavy atom. The van der Waals surface area contributed by atoms with Crippen molar-refractivity contribution in [2.24, 2.45) is 17.8 Å². The van der Waals surface area contributed by atoms with Crippen molar-refractivity contribution in [1.82, 2.24) is 0 Å². The molecule has 1 aliphatic rings. The predicted octanol–water partition coefficient (Wildman–Crippen LogP) is 3.54. The van der Waals surface area contributed by atoms with Crippen molar-refractivity contribution in [2.75, 3.05) is 14.2 Å². The molecule has 1 saturated carbocycles. The van der Waals surface area contributed by atoms with E-state index in [2.05, 4.69) is 15.9 Å². The Morgan fingerprint density at radius 3 is 2.09 bits per heavy atom. The van der Waals surface area contributed by atoms with Gasteiger partial charge in [0.25, 0.3) is 0 Å². The maximum Gasteiger partial charge on any atom is 0.310 e. The molecule has 0 amide bonds. The molecule has 22 heavy (non-hydrogen) atoms. The van der Waals surface area contributed by atoms with Crippen LogP contribution in [0.25, 0.3) is 0 Å². The number of ether oxygens (including phenoxy) is 2. The SMILES string of the molecule is COC(=O)[C@H]1[C@H](C(=O)OC)[C@@H](c2ccc(Br)cc2)CC[C@H]1C. The first-order valence-electron chi connectivity index (χ1n) is 7.40. The van der Waals surface area contributed by atoms with Gasteiger partial charge in [-0.1, -0.05) is 35.0 Å². The lowest BCUT2D eigenvalue weighted by atomic mass is 9.65. The molecule has 0 bridgehead atoms. The maximum absolute atomic E-state index is 12.4. The van der Waals surface area contributed by atoms with Crippen molar-refractivity contribution >= 4 is 27.9 Å². The molecule has 0 spiro atoms. The molecule has 2 rings (SSSR count). The Bertz CT molecular complexity index is 540. The van der Waals surface area contributed by atoms with E-state index >= 15 is 0 Å². The Hall–Kier alpha value is -1.36. The van der Waals surface area contributed by atoms with Crippen LogP contribution in [-0.4, -0.2) is 26.2 Å². The predicted molar refractivity (Wildman–Crippen MR) is 86.3 cm³/mol. The van der Waals surface area contributed by atoms with E-state index in [1.54, 1.807) is 0 Å². The summed E-state index contributed by atoms with van der Waals surface area (Å²) in [7, 11) is 2.74. The second kappa shape index (κ2) is 7.27. The molecular weight excluding hydrogens is 348 g/mol. The first kappa shape index (κ1) is 17.0. The maximum atomic E-state index is 12.4. The van der Waals surface area contributed by atoms with E-state index in [-0.39, 0.29) is 23.8 Å². The summed E-state index contributed by atoms with van der Waals surface area (Å²) < 4.78 is 10.9. The van der Waals surface area contributed by atoms with Crippen molar-refractivity contribution in [3.63, 3.8) is 0 Å². The van der Waals surface area contributed by atoms with Gasteiger partial charge in [0.1, 0.15) is 0 Å². The van der Waals surface area contributed by atoms with E-state index in [1.165, 1.54) is 14.2 Å². The van der Waals surface area contributed by atoms with E-state index < -0.39 is 11.8 Å². The van der Waals surface area contributed by atoms with Gasteiger partial charge in [-0.3, -0.25) is 9.59 Å². The lowest BCUT2D eigenvalue weighted by Crippen LogP contribution is -2.42. The summed E-state index contributed by atoms with van der Waals surface area (Å²) in [6.07, 6.45) is 1.74. The van der Waals surface area contributed by atoms with Gasteiger partial charge >= 0.3 is 11.9 Å². The molecule has 0 heterocycles. The molecule has 4 nitrogen and oxygen atoms in total. The zero-order chi connectivity index (χ0) is 16.3. The number of rotatable bonds is 3. The number of carbonyl (C=O) groups is 2. The number of benzene rings is 1. The average Bonchev–Trinajstić information content (AvgIpc) is 2.54. The molecule has 0 aromatic heterocycles. The van der Waals surface area contributed by atoms with Crippen LogP contribution in [0, 0.1) is 17.8 Å². The van der Waals surface area contributed by atoms with Gasteiger partial charge in [-0.2, -0.15) is 0 Å². The summed E-state index contributed by atoms with van der Waals surface area (Å²) in [5, 5.41) is 0. The minimum Gasteiger partial charge on any atom is -0.469 e. The highest BCUT2D eigenvalue weighted by Gasteiger charge is 2.47. The van der Waals surface area contributed by atoms with E-state index in [0.717, 1.165) is 22.9 Å². The number of esters is 2. The highest BCUT2D eigenvalue weighted by Crippen LogP contribution is 2.45. The van der Waals surface area contributed by atoms with Crippen LogP contribution in [0.2, 0.25) is 0 Å². The summed E-state index contributed by atoms with van der Waals surface area (Å²) in [5.74, 6) is -1.55. The standard InChI is InChI=1S/C17H21BrO4/c1-10-4-9-13(11-5-7-12(18)8-6-11)15(17(20)22-3)14(10)16(19)21-2/h5-8,10,13-15H,4,9H2,1-3H3/t10-,13-,14-,15-/m1/s1. The molecule has 1 aromatic carbocycles. The van der Waals surface area contributed by atoms with Crippen LogP contribution in [-0.2, 0) is 19.1 Å². The third kappa shape index (κ3) is 3.35. The highest BCUT2D eigenvalue weighted by molar-refractivity contribution is 9.10. The zero-order valence-electron chi connectivity index (χ0n) is 13.0. The summed E-state index contributed by atoms with van der Waals surface area (Å²) in [6.45, 7) is 2.00. The van der Waals surface area contributed by atoms with Gasteiger partial charge < -0.3 is 9.47 Å². The molecule has 4 atom stereocenters. The van der Waals surface area contributed by atoms with Crippen molar-refractivity contribution in [2.45, 2.75) is 25.7 Å².